The summed E-state index contributed by atoms with van der Waals surface area (Å²) < 4.78 is 30.3. The van der Waals surface area contributed by atoms with Crippen LogP contribution in [0, 0.1) is 6.92 Å². The monoisotopic (exact) mass is 408 g/mol. The highest BCUT2D eigenvalue weighted by Gasteiger charge is 2.17. The van der Waals surface area contributed by atoms with E-state index in [0.29, 0.717) is 6.42 Å². The number of rotatable bonds is 7. The minimum Gasteiger partial charge on any atom is -0.378 e. The van der Waals surface area contributed by atoms with E-state index in [2.05, 4.69) is 17.6 Å². The highest BCUT2D eigenvalue weighted by atomic mass is 32.2. The van der Waals surface area contributed by atoms with E-state index in [1.54, 1.807) is 24.4 Å². The van der Waals surface area contributed by atoms with Gasteiger partial charge in [0.25, 0.3) is 0 Å². The van der Waals surface area contributed by atoms with E-state index in [9.17, 15) is 8.42 Å². The first-order chi connectivity index (χ1) is 13.8. The topological polar surface area (TPSA) is 59.5 Å². The van der Waals surface area contributed by atoms with Crippen LogP contribution in [-0.4, -0.2) is 27.5 Å². The molecule has 0 spiro atoms. The van der Waals surface area contributed by atoms with Crippen LogP contribution in [0.2, 0.25) is 0 Å². The molecule has 3 aromatic rings. The van der Waals surface area contributed by atoms with Crippen molar-refractivity contribution in [3.63, 3.8) is 0 Å². The van der Waals surface area contributed by atoms with E-state index in [4.69, 9.17) is 4.18 Å². The van der Waals surface area contributed by atoms with E-state index in [0.717, 1.165) is 27.9 Å². The summed E-state index contributed by atoms with van der Waals surface area (Å²) in [6.07, 6.45) is 3.97. The van der Waals surface area contributed by atoms with Crippen molar-refractivity contribution in [3.05, 3.63) is 89.6 Å². The Balaban J connectivity index is 1.86. The van der Waals surface area contributed by atoms with Crippen molar-refractivity contribution in [3.8, 4) is 5.88 Å². The molecule has 1 aromatic heterocycles. The molecule has 3 rings (SSSR count). The third kappa shape index (κ3) is 5.03. The predicted octanol–water partition coefficient (Wildman–Crippen LogP) is 4.46. The number of hydrogen-bond acceptors (Lipinski definition) is 5. The van der Waals surface area contributed by atoms with Crippen LogP contribution in [-0.2, 0) is 16.5 Å². The van der Waals surface area contributed by atoms with E-state index >= 15 is 0 Å². The fourth-order valence-electron chi connectivity index (χ4n) is 2.91. The Morgan fingerprint density at radius 1 is 1.07 bits per heavy atom. The Hall–Kier alpha value is -3.12. The molecule has 2 aromatic carbocycles. The van der Waals surface area contributed by atoms with Gasteiger partial charge in [-0.3, -0.25) is 0 Å². The van der Waals surface area contributed by atoms with E-state index in [1.165, 1.54) is 12.1 Å². The quantitative estimate of drug-likeness (QED) is 0.540. The molecule has 0 amide bonds. The lowest BCUT2D eigenvalue weighted by molar-refractivity contribution is 0.475. The molecule has 0 bridgehead atoms. The number of nitrogens with zero attached hydrogens (tertiary/aromatic N) is 2. The second kappa shape index (κ2) is 8.49. The maximum absolute atomic E-state index is 12.5. The van der Waals surface area contributed by atoms with E-state index in [1.807, 2.05) is 50.2 Å². The van der Waals surface area contributed by atoms with E-state index in [-0.39, 0.29) is 10.8 Å². The lowest BCUT2D eigenvalue weighted by Crippen LogP contribution is -2.11. The summed E-state index contributed by atoms with van der Waals surface area (Å²) >= 11 is 0. The highest BCUT2D eigenvalue weighted by molar-refractivity contribution is 7.87. The molecule has 1 heterocycles. The Morgan fingerprint density at radius 2 is 1.79 bits per heavy atom. The maximum atomic E-state index is 12.5. The van der Waals surface area contributed by atoms with Crippen molar-refractivity contribution >= 4 is 21.9 Å². The van der Waals surface area contributed by atoms with Gasteiger partial charge in [-0.15, -0.1) is 0 Å². The molecule has 0 atom stereocenters. The van der Waals surface area contributed by atoms with E-state index < -0.39 is 10.1 Å². The number of aromatic nitrogens is 1. The molecule has 0 fully saturated rings. The Bertz CT molecular complexity index is 1120. The summed E-state index contributed by atoms with van der Waals surface area (Å²) in [6, 6.07) is 16.2. The number of aryl methyl sites for hydroxylation is 1. The zero-order chi connectivity index (χ0) is 21.0. The smallest absolute Gasteiger partial charge is 0.340 e. The van der Waals surface area contributed by atoms with Crippen LogP contribution in [0.4, 0.5) is 5.69 Å². The zero-order valence-corrected chi connectivity index (χ0v) is 17.6. The van der Waals surface area contributed by atoms with Crippen LogP contribution in [0.25, 0.3) is 6.08 Å². The van der Waals surface area contributed by atoms with Gasteiger partial charge in [0, 0.05) is 32.0 Å². The van der Waals surface area contributed by atoms with Crippen molar-refractivity contribution in [2.24, 2.45) is 0 Å². The minimum atomic E-state index is -3.94. The second-order valence-corrected chi connectivity index (χ2v) is 8.56. The van der Waals surface area contributed by atoms with Gasteiger partial charge in [0.05, 0.1) is 0 Å². The van der Waals surface area contributed by atoms with Gasteiger partial charge in [-0.1, -0.05) is 36.4 Å². The summed E-state index contributed by atoms with van der Waals surface area (Å²) in [5.41, 5.74) is 5.07. The minimum absolute atomic E-state index is 0.0481. The number of hydrogen-bond donors (Lipinski definition) is 0. The molecule has 0 aliphatic heterocycles. The van der Waals surface area contributed by atoms with Crippen molar-refractivity contribution in [2.45, 2.75) is 18.2 Å². The lowest BCUT2D eigenvalue weighted by atomic mass is 9.99. The zero-order valence-electron chi connectivity index (χ0n) is 16.8. The maximum Gasteiger partial charge on any atom is 0.340 e. The Labute approximate surface area is 172 Å². The SMILES string of the molecule is C=Cc1ccc(N(C)C)cc1Cc1ccnc(OS(=O)(=O)c2ccc(C)cc2)c1. The van der Waals surface area contributed by atoms with Gasteiger partial charge in [0.2, 0.25) is 5.88 Å². The van der Waals surface area contributed by atoms with Crippen LogP contribution in [0.3, 0.4) is 0 Å². The molecule has 0 saturated carbocycles. The van der Waals surface area contributed by atoms with Gasteiger partial charge >= 0.3 is 10.1 Å². The molecule has 0 saturated heterocycles. The molecular formula is C23H24N2O3S. The number of pyridine rings is 1. The second-order valence-electron chi connectivity index (χ2n) is 7.01. The molecule has 0 aliphatic carbocycles. The molecule has 5 nitrogen and oxygen atoms in total. The van der Waals surface area contributed by atoms with Crippen molar-refractivity contribution < 1.29 is 12.6 Å². The molecule has 0 radical (unpaired) electrons. The van der Waals surface area contributed by atoms with Gasteiger partial charge in [-0.05, 0) is 60.4 Å². The molecule has 0 unspecified atom stereocenters. The molecule has 0 N–H and O–H groups in total. The van der Waals surface area contributed by atoms with Crippen LogP contribution in [0.5, 0.6) is 5.88 Å². The van der Waals surface area contributed by atoms with Crippen molar-refractivity contribution in [2.75, 3.05) is 19.0 Å². The normalized spacial score (nSPS) is 11.1. The molecule has 29 heavy (non-hydrogen) atoms. The van der Waals surface area contributed by atoms with Gasteiger partial charge in [0.1, 0.15) is 4.90 Å². The van der Waals surface area contributed by atoms with Crippen LogP contribution < -0.4 is 9.08 Å². The molecule has 6 heteroatoms. The van der Waals surface area contributed by atoms with Crippen LogP contribution in [0.15, 0.2) is 72.3 Å². The van der Waals surface area contributed by atoms with Gasteiger partial charge in [-0.2, -0.15) is 8.42 Å². The average Bonchev–Trinajstić information content (AvgIpc) is 2.68. The Morgan fingerprint density at radius 3 is 2.45 bits per heavy atom. The van der Waals surface area contributed by atoms with Gasteiger partial charge in [0.15, 0.2) is 0 Å². The summed E-state index contributed by atoms with van der Waals surface area (Å²) in [5.74, 6) is 0.0481. The molecule has 0 aliphatic rings. The first-order valence-corrected chi connectivity index (χ1v) is 10.6. The summed E-state index contributed by atoms with van der Waals surface area (Å²) in [5, 5.41) is 0. The van der Waals surface area contributed by atoms with Crippen molar-refractivity contribution in [1.29, 1.82) is 0 Å². The van der Waals surface area contributed by atoms with Crippen LogP contribution in [0.1, 0.15) is 22.3 Å². The third-order valence-corrected chi connectivity index (χ3v) is 5.80. The highest BCUT2D eigenvalue weighted by Crippen LogP contribution is 2.24. The fraction of sp³-hybridized carbons (Fsp3) is 0.174. The molecule has 150 valence electrons. The average molecular weight is 409 g/mol. The van der Waals surface area contributed by atoms with Gasteiger partial charge in [-0.25, -0.2) is 4.98 Å². The summed E-state index contributed by atoms with van der Waals surface area (Å²) in [7, 11) is 0.0384. The van der Waals surface area contributed by atoms with Crippen LogP contribution >= 0.6 is 0 Å². The summed E-state index contributed by atoms with van der Waals surface area (Å²) in [6.45, 7) is 5.78. The first-order valence-electron chi connectivity index (χ1n) is 9.17. The molecular weight excluding hydrogens is 384 g/mol. The summed E-state index contributed by atoms with van der Waals surface area (Å²) in [4.78, 5) is 6.20. The largest absolute Gasteiger partial charge is 0.378 e. The first kappa shape index (κ1) is 20.6. The standard InChI is InChI=1S/C23H24N2O3S/c1-5-19-8-9-21(25(3)4)16-20(19)14-18-12-13-24-23(15-18)28-29(26,27)22-10-6-17(2)7-11-22/h5-13,15-16H,1,14H2,2-4H3. The Kier molecular flexibility index (Phi) is 6.03. The predicted molar refractivity (Wildman–Crippen MR) is 117 cm³/mol. The lowest BCUT2D eigenvalue weighted by Gasteiger charge is -2.16. The number of anilines is 1. The third-order valence-electron chi connectivity index (χ3n) is 4.56. The number of benzene rings is 2. The fourth-order valence-corrected chi connectivity index (χ4v) is 3.80. The van der Waals surface area contributed by atoms with Crippen molar-refractivity contribution in [1.82, 2.24) is 4.98 Å². The van der Waals surface area contributed by atoms with Gasteiger partial charge < -0.3 is 9.08 Å².